The Morgan fingerprint density at radius 1 is 1.04 bits per heavy atom. The van der Waals surface area contributed by atoms with Crippen LogP contribution in [0.5, 0.6) is 11.5 Å². The first kappa shape index (κ1) is 16.0. The van der Waals surface area contributed by atoms with Crippen LogP contribution in [0.4, 0.5) is 5.69 Å². The van der Waals surface area contributed by atoms with Crippen LogP contribution in [0.1, 0.15) is 5.56 Å². The van der Waals surface area contributed by atoms with Gasteiger partial charge in [0.1, 0.15) is 11.5 Å². The van der Waals surface area contributed by atoms with Crippen LogP contribution >= 0.6 is 0 Å². The van der Waals surface area contributed by atoms with Gasteiger partial charge >= 0.3 is 5.97 Å². The van der Waals surface area contributed by atoms with Crippen LogP contribution < -0.4 is 10.1 Å². The second kappa shape index (κ2) is 7.61. The highest BCUT2D eigenvalue weighted by molar-refractivity contribution is 6.01. The third-order valence-corrected chi connectivity index (χ3v) is 2.83. The van der Waals surface area contributed by atoms with Crippen LogP contribution in [0.2, 0.25) is 0 Å². The first-order valence-corrected chi connectivity index (χ1v) is 6.79. The number of rotatable bonds is 5. The van der Waals surface area contributed by atoms with Crippen molar-refractivity contribution in [2.24, 2.45) is 0 Å². The number of nitrogens with one attached hydrogen (secondary N) is 1. The molecule has 2 rings (SSSR count). The molecule has 116 valence electrons. The summed E-state index contributed by atoms with van der Waals surface area (Å²) in [5.41, 5.74) is 1.37. The van der Waals surface area contributed by atoms with Crippen LogP contribution in [0, 0.1) is 0 Å². The summed E-state index contributed by atoms with van der Waals surface area (Å²) in [7, 11) is 0. The zero-order valence-corrected chi connectivity index (χ0v) is 12.2. The van der Waals surface area contributed by atoms with Crippen molar-refractivity contribution in [3.05, 3.63) is 72.8 Å². The number of hydrogen-bond acceptors (Lipinski definition) is 4. The number of phenols is 1. The van der Waals surface area contributed by atoms with Crippen molar-refractivity contribution >= 4 is 23.6 Å². The highest BCUT2D eigenvalue weighted by atomic mass is 16.5. The summed E-state index contributed by atoms with van der Waals surface area (Å²) < 4.78 is 4.93. The van der Waals surface area contributed by atoms with Crippen molar-refractivity contribution < 1.29 is 19.4 Å². The van der Waals surface area contributed by atoms with E-state index in [0.717, 1.165) is 11.6 Å². The van der Waals surface area contributed by atoms with Crippen molar-refractivity contribution in [3.63, 3.8) is 0 Å². The Balaban J connectivity index is 1.93. The van der Waals surface area contributed by atoms with Crippen molar-refractivity contribution in [2.75, 3.05) is 5.32 Å². The molecule has 5 heteroatoms. The van der Waals surface area contributed by atoms with Crippen molar-refractivity contribution in [3.8, 4) is 11.5 Å². The quantitative estimate of drug-likeness (QED) is 0.505. The molecule has 0 radical (unpaired) electrons. The number of amides is 1. The monoisotopic (exact) mass is 309 g/mol. The molecule has 0 spiro atoms. The molecule has 0 aliphatic carbocycles. The average molecular weight is 309 g/mol. The SMILES string of the molecule is C=CC(=O)Oc1ccc(NC(=O)/C=C/c2ccc(O)cc2)cc1. The number of carbonyl (C=O) groups excluding carboxylic acids is 2. The van der Waals surface area contributed by atoms with Gasteiger partial charge in [0.25, 0.3) is 0 Å². The van der Waals surface area contributed by atoms with E-state index in [2.05, 4.69) is 11.9 Å². The highest BCUT2D eigenvalue weighted by Crippen LogP contribution is 2.16. The lowest BCUT2D eigenvalue weighted by Crippen LogP contribution is -2.08. The number of esters is 1. The van der Waals surface area contributed by atoms with Crippen molar-refractivity contribution in [2.45, 2.75) is 0 Å². The molecule has 0 heterocycles. The molecule has 2 aromatic carbocycles. The molecule has 1 amide bonds. The van der Waals surface area contributed by atoms with Crippen LogP contribution in [0.15, 0.2) is 67.3 Å². The number of aromatic hydroxyl groups is 1. The fourth-order valence-electron chi connectivity index (χ4n) is 1.71. The van der Waals surface area contributed by atoms with Crippen LogP contribution in [0.3, 0.4) is 0 Å². The third-order valence-electron chi connectivity index (χ3n) is 2.83. The molecule has 23 heavy (non-hydrogen) atoms. The molecular weight excluding hydrogens is 294 g/mol. The van der Waals surface area contributed by atoms with Gasteiger partial charge in [-0.15, -0.1) is 0 Å². The maximum atomic E-state index is 11.8. The Bertz CT molecular complexity index is 731. The Kier molecular flexibility index (Phi) is 5.30. The van der Waals surface area contributed by atoms with Crippen LogP contribution in [0.25, 0.3) is 6.08 Å². The second-order valence-electron chi connectivity index (χ2n) is 4.56. The Labute approximate surface area is 133 Å². The minimum atomic E-state index is -0.543. The minimum absolute atomic E-state index is 0.170. The molecule has 0 bridgehead atoms. The summed E-state index contributed by atoms with van der Waals surface area (Å²) in [6.45, 7) is 3.31. The molecule has 2 aromatic rings. The van der Waals surface area contributed by atoms with E-state index in [1.54, 1.807) is 54.6 Å². The summed E-state index contributed by atoms with van der Waals surface area (Å²) in [6, 6.07) is 12.9. The summed E-state index contributed by atoms with van der Waals surface area (Å²) in [6.07, 6.45) is 4.09. The first-order valence-electron chi connectivity index (χ1n) is 6.79. The van der Waals surface area contributed by atoms with E-state index in [-0.39, 0.29) is 11.7 Å². The van der Waals surface area contributed by atoms with Gasteiger partial charge in [0, 0.05) is 17.8 Å². The average Bonchev–Trinajstić information content (AvgIpc) is 2.56. The van der Waals surface area contributed by atoms with E-state index in [0.29, 0.717) is 11.4 Å². The third kappa shape index (κ3) is 5.17. The smallest absolute Gasteiger partial charge is 0.335 e. The van der Waals surface area contributed by atoms with Crippen molar-refractivity contribution in [1.82, 2.24) is 0 Å². The fraction of sp³-hybridized carbons (Fsp3) is 0. The molecule has 0 aromatic heterocycles. The van der Waals surface area contributed by atoms with E-state index < -0.39 is 5.97 Å². The van der Waals surface area contributed by atoms with E-state index >= 15 is 0 Å². The molecule has 0 saturated heterocycles. The molecule has 0 fully saturated rings. The molecule has 0 unspecified atom stereocenters. The molecule has 0 atom stereocenters. The molecule has 0 aliphatic rings. The second-order valence-corrected chi connectivity index (χ2v) is 4.56. The molecule has 0 saturated carbocycles. The number of ether oxygens (including phenoxy) is 1. The Morgan fingerprint density at radius 3 is 2.30 bits per heavy atom. The van der Waals surface area contributed by atoms with Gasteiger partial charge < -0.3 is 15.2 Å². The van der Waals surface area contributed by atoms with Crippen LogP contribution in [-0.4, -0.2) is 17.0 Å². The topological polar surface area (TPSA) is 75.6 Å². The number of carbonyl (C=O) groups is 2. The normalized spacial score (nSPS) is 10.3. The summed E-state index contributed by atoms with van der Waals surface area (Å²) in [5.74, 6) is -0.302. The first-order chi connectivity index (χ1) is 11.1. The number of phenolic OH excluding ortho intramolecular Hbond substituents is 1. The maximum Gasteiger partial charge on any atom is 0.335 e. The summed E-state index contributed by atoms with van der Waals surface area (Å²) >= 11 is 0. The predicted molar refractivity (Wildman–Crippen MR) is 88.0 cm³/mol. The zero-order chi connectivity index (χ0) is 16.7. The minimum Gasteiger partial charge on any atom is -0.508 e. The van der Waals surface area contributed by atoms with Gasteiger partial charge in [-0.1, -0.05) is 18.7 Å². The van der Waals surface area contributed by atoms with E-state index in [4.69, 9.17) is 4.74 Å². The number of anilines is 1. The Morgan fingerprint density at radius 2 is 1.70 bits per heavy atom. The van der Waals surface area contributed by atoms with Gasteiger partial charge in [-0.3, -0.25) is 4.79 Å². The van der Waals surface area contributed by atoms with Crippen molar-refractivity contribution in [1.29, 1.82) is 0 Å². The van der Waals surface area contributed by atoms with Gasteiger partial charge in [-0.2, -0.15) is 0 Å². The zero-order valence-electron chi connectivity index (χ0n) is 12.2. The highest BCUT2D eigenvalue weighted by Gasteiger charge is 2.01. The maximum absolute atomic E-state index is 11.8. The van der Waals surface area contributed by atoms with Gasteiger partial charge in [-0.25, -0.2) is 4.79 Å². The van der Waals surface area contributed by atoms with E-state index in [9.17, 15) is 14.7 Å². The van der Waals surface area contributed by atoms with Gasteiger partial charge in [0.05, 0.1) is 0 Å². The molecular formula is C18H15NO4. The fourth-order valence-corrected chi connectivity index (χ4v) is 1.71. The lowest BCUT2D eigenvalue weighted by molar-refractivity contribution is -0.129. The lowest BCUT2D eigenvalue weighted by Gasteiger charge is -2.04. The lowest BCUT2D eigenvalue weighted by atomic mass is 10.2. The summed E-state index contributed by atoms with van der Waals surface area (Å²) in [5, 5.41) is 11.9. The standard InChI is InChI=1S/C18H15NO4/c1-2-18(22)23-16-10-6-14(7-11-16)19-17(21)12-5-13-3-8-15(20)9-4-13/h2-12,20H,1H2,(H,19,21)/b12-5+. The van der Waals surface area contributed by atoms with Gasteiger partial charge in [-0.05, 0) is 48.0 Å². The van der Waals surface area contributed by atoms with Gasteiger partial charge in [0.2, 0.25) is 5.91 Å². The number of benzene rings is 2. The van der Waals surface area contributed by atoms with Crippen LogP contribution in [-0.2, 0) is 9.59 Å². The van der Waals surface area contributed by atoms with E-state index in [1.165, 1.54) is 6.08 Å². The largest absolute Gasteiger partial charge is 0.508 e. The molecule has 0 aliphatic heterocycles. The molecule has 5 nitrogen and oxygen atoms in total. The number of hydrogen-bond donors (Lipinski definition) is 2. The predicted octanol–water partition coefficient (Wildman–Crippen LogP) is 3.14. The summed E-state index contributed by atoms with van der Waals surface area (Å²) in [4.78, 5) is 22.9. The van der Waals surface area contributed by atoms with E-state index in [1.807, 2.05) is 0 Å². The van der Waals surface area contributed by atoms with Gasteiger partial charge in [0.15, 0.2) is 0 Å². The Hall–Kier alpha value is -3.34. The molecule has 2 N–H and O–H groups in total.